The topological polar surface area (TPSA) is 94.0 Å². The summed E-state index contributed by atoms with van der Waals surface area (Å²) in [7, 11) is 0. The molecule has 0 saturated heterocycles. The molecule has 3 rings (SSSR count). The van der Waals surface area contributed by atoms with E-state index >= 15 is 0 Å². The zero-order valence-electron chi connectivity index (χ0n) is 14.4. The van der Waals surface area contributed by atoms with Crippen molar-refractivity contribution in [3.63, 3.8) is 0 Å². The Kier molecular flexibility index (Phi) is 4.41. The van der Waals surface area contributed by atoms with Crippen molar-refractivity contribution < 1.29 is 9.32 Å². The minimum Gasteiger partial charge on any atom is -0.340 e. The lowest BCUT2D eigenvalue weighted by molar-refractivity contribution is 0.0913. The average Bonchev–Trinajstić information content (AvgIpc) is 3.00. The molecule has 6 heteroatoms. The Bertz CT molecular complexity index is 734. The second kappa shape index (κ2) is 6.36. The maximum absolute atomic E-state index is 12.6. The standard InChI is InChI=1S/C18H24N4O2/c1-11(2)14(20-15(23)13-8-5-4-7-12(13)3)16-21-17(22-24-16)18(19)9-6-10-18/h4-5,7-8,11,14H,6,9-10,19H2,1-3H3,(H,20,23). The summed E-state index contributed by atoms with van der Waals surface area (Å²) in [6, 6.07) is 7.15. The summed E-state index contributed by atoms with van der Waals surface area (Å²) in [5.41, 5.74) is 7.36. The van der Waals surface area contributed by atoms with E-state index in [0.29, 0.717) is 17.3 Å². The van der Waals surface area contributed by atoms with Crippen LogP contribution >= 0.6 is 0 Å². The highest BCUT2D eigenvalue weighted by Gasteiger charge is 2.40. The van der Waals surface area contributed by atoms with Crippen LogP contribution in [0.25, 0.3) is 0 Å². The Morgan fingerprint density at radius 3 is 2.62 bits per heavy atom. The number of nitrogens with one attached hydrogen (secondary N) is 1. The van der Waals surface area contributed by atoms with Gasteiger partial charge in [0.1, 0.15) is 6.04 Å². The fraction of sp³-hybridized carbons (Fsp3) is 0.500. The Morgan fingerprint density at radius 2 is 2.04 bits per heavy atom. The highest BCUT2D eigenvalue weighted by molar-refractivity contribution is 5.95. The summed E-state index contributed by atoms with van der Waals surface area (Å²) < 4.78 is 5.42. The van der Waals surface area contributed by atoms with Crippen molar-refractivity contribution in [1.82, 2.24) is 15.5 Å². The van der Waals surface area contributed by atoms with Crippen molar-refractivity contribution in [3.8, 4) is 0 Å². The number of carbonyl (C=O) groups excluding carboxylic acids is 1. The van der Waals surface area contributed by atoms with Crippen LogP contribution in [0.3, 0.4) is 0 Å². The lowest BCUT2D eigenvalue weighted by atomic mass is 9.77. The quantitative estimate of drug-likeness (QED) is 0.880. The number of nitrogens with two attached hydrogens (primary N) is 1. The molecule has 2 aromatic rings. The predicted molar refractivity (Wildman–Crippen MR) is 90.2 cm³/mol. The third-order valence-electron chi connectivity index (χ3n) is 4.74. The van der Waals surface area contributed by atoms with Gasteiger partial charge in [-0.2, -0.15) is 4.98 Å². The number of rotatable bonds is 5. The average molecular weight is 328 g/mol. The molecule has 1 saturated carbocycles. The van der Waals surface area contributed by atoms with Gasteiger partial charge in [0, 0.05) is 5.56 Å². The highest BCUT2D eigenvalue weighted by atomic mass is 16.5. The summed E-state index contributed by atoms with van der Waals surface area (Å²) in [6.45, 7) is 5.93. The molecule has 0 bridgehead atoms. The van der Waals surface area contributed by atoms with Crippen LogP contribution in [-0.2, 0) is 5.54 Å². The molecule has 128 valence electrons. The summed E-state index contributed by atoms with van der Waals surface area (Å²) in [6.07, 6.45) is 2.82. The molecule has 1 aliphatic rings. The molecule has 0 spiro atoms. The number of hydrogen-bond acceptors (Lipinski definition) is 5. The molecular formula is C18H24N4O2. The molecule has 24 heavy (non-hydrogen) atoms. The van der Waals surface area contributed by atoms with E-state index < -0.39 is 5.54 Å². The molecule has 1 atom stereocenters. The van der Waals surface area contributed by atoms with Crippen molar-refractivity contribution in [3.05, 3.63) is 47.1 Å². The third kappa shape index (κ3) is 3.06. The Hall–Kier alpha value is -2.21. The van der Waals surface area contributed by atoms with Gasteiger partial charge in [0.15, 0.2) is 5.82 Å². The van der Waals surface area contributed by atoms with Crippen LogP contribution in [0.1, 0.15) is 66.8 Å². The Balaban J connectivity index is 1.80. The van der Waals surface area contributed by atoms with Crippen LogP contribution in [0.15, 0.2) is 28.8 Å². The number of benzene rings is 1. The third-order valence-corrected chi connectivity index (χ3v) is 4.74. The van der Waals surface area contributed by atoms with Crippen LogP contribution in [-0.4, -0.2) is 16.0 Å². The maximum atomic E-state index is 12.6. The second-order valence-electron chi connectivity index (χ2n) is 6.98. The first kappa shape index (κ1) is 16.6. The van der Waals surface area contributed by atoms with Crippen LogP contribution in [0, 0.1) is 12.8 Å². The molecule has 1 unspecified atom stereocenters. The van der Waals surface area contributed by atoms with Gasteiger partial charge in [-0.05, 0) is 43.7 Å². The molecule has 1 fully saturated rings. The molecule has 1 aliphatic carbocycles. The molecule has 1 heterocycles. The molecular weight excluding hydrogens is 304 g/mol. The van der Waals surface area contributed by atoms with Crippen molar-refractivity contribution in [2.75, 3.05) is 0 Å². The minimum atomic E-state index is -0.469. The predicted octanol–water partition coefficient (Wildman–Crippen LogP) is 2.84. The Labute approximate surface area is 141 Å². The molecule has 1 amide bonds. The number of nitrogens with zero attached hydrogens (tertiary/aromatic N) is 2. The minimum absolute atomic E-state index is 0.112. The van der Waals surface area contributed by atoms with E-state index in [1.54, 1.807) is 0 Å². The first-order valence-electron chi connectivity index (χ1n) is 8.40. The van der Waals surface area contributed by atoms with Gasteiger partial charge in [0.05, 0.1) is 5.54 Å². The zero-order chi connectivity index (χ0) is 17.3. The SMILES string of the molecule is Cc1ccccc1C(=O)NC(c1nc(C2(N)CCC2)no1)C(C)C. The largest absolute Gasteiger partial charge is 0.340 e. The van der Waals surface area contributed by atoms with E-state index in [-0.39, 0.29) is 17.9 Å². The normalized spacial score (nSPS) is 17.4. The van der Waals surface area contributed by atoms with Gasteiger partial charge < -0.3 is 15.6 Å². The van der Waals surface area contributed by atoms with Crippen molar-refractivity contribution in [1.29, 1.82) is 0 Å². The first-order valence-corrected chi connectivity index (χ1v) is 8.40. The van der Waals surface area contributed by atoms with Crippen molar-refractivity contribution in [2.24, 2.45) is 11.7 Å². The van der Waals surface area contributed by atoms with Gasteiger partial charge in [-0.25, -0.2) is 0 Å². The van der Waals surface area contributed by atoms with Gasteiger partial charge in [0.25, 0.3) is 5.91 Å². The zero-order valence-corrected chi connectivity index (χ0v) is 14.4. The van der Waals surface area contributed by atoms with Gasteiger partial charge in [0.2, 0.25) is 5.89 Å². The van der Waals surface area contributed by atoms with Crippen LogP contribution < -0.4 is 11.1 Å². The van der Waals surface area contributed by atoms with Gasteiger partial charge in [-0.3, -0.25) is 4.79 Å². The van der Waals surface area contributed by atoms with Crippen LogP contribution in [0.2, 0.25) is 0 Å². The number of aryl methyl sites for hydroxylation is 1. The molecule has 1 aromatic carbocycles. The smallest absolute Gasteiger partial charge is 0.252 e. The maximum Gasteiger partial charge on any atom is 0.252 e. The number of hydrogen-bond donors (Lipinski definition) is 2. The molecule has 3 N–H and O–H groups in total. The fourth-order valence-corrected chi connectivity index (χ4v) is 2.91. The van der Waals surface area contributed by atoms with Gasteiger partial charge in [-0.1, -0.05) is 37.2 Å². The molecule has 0 aliphatic heterocycles. The van der Waals surface area contributed by atoms with E-state index in [1.807, 2.05) is 45.0 Å². The van der Waals surface area contributed by atoms with E-state index in [4.69, 9.17) is 10.3 Å². The van der Waals surface area contributed by atoms with E-state index in [1.165, 1.54) is 0 Å². The van der Waals surface area contributed by atoms with Crippen LogP contribution in [0.4, 0.5) is 0 Å². The van der Waals surface area contributed by atoms with Gasteiger partial charge in [-0.15, -0.1) is 0 Å². The summed E-state index contributed by atoms with van der Waals surface area (Å²) in [5, 5.41) is 7.06. The van der Waals surface area contributed by atoms with E-state index in [2.05, 4.69) is 15.5 Å². The fourth-order valence-electron chi connectivity index (χ4n) is 2.91. The molecule has 0 radical (unpaired) electrons. The number of amides is 1. The first-order chi connectivity index (χ1) is 11.4. The summed E-state index contributed by atoms with van der Waals surface area (Å²) >= 11 is 0. The molecule has 1 aromatic heterocycles. The lowest BCUT2D eigenvalue weighted by Gasteiger charge is -2.34. The number of aromatic nitrogens is 2. The van der Waals surface area contributed by atoms with E-state index in [0.717, 1.165) is 24.8 Å². The monoisotopic (exact) mass is 328 g/mol. The van der Waals surface area contributed by atoms with E-state index in [9.17, 15) is 4.79 Å². The summed E-state index contributed by atoms with van der Waals surface area (Å²) in [5.74, 6) is 0.928. The summed E-state index contributed by atoms with van der Waals surface area (Å²) in [4.78, 5) is 17.1. The second-order valence-corrected chi connectivity index (χ2v) is 6.98. The molecule has 6 nitrogen and oxygen atoms in total. The highest BCUT2D eigenvalue weighted by Crippen LogP contribution is 2.37. The van der Waals surface area contributed by atoms with Crippen LogP contribution in [0.5, 0.6) is 0 Å². The number of carbonyl (C=O) groups is 1. The van der Waals surface area contributed by atoms with Gasteiger partial charge >= 0.3 is 0 Å². The lowest BCUT2D eigenvalue weighted by Crippen LogP contribution is -2.44. The Morgan fingerprint density at radius 1 is 1.33 bits per heavy atom. The van der Waals surface area contributed by atoms with Crippen molar-refractivity contribution >= 4 is 5.91 Å². The van der Waals surface area contributed by atoms with Crippen molar-refractivity contribution in [2.45, 2.75) is 51.6 Å².